The van der Waals surface area contributed by atoms with E-state index in [1.54, 1.807) is 0 Å². The lowest BCUT2D eigenvalue weighted by Gasteiger charge is -2.09. The Kier molecular flexibility index (Phi) is 3.30. The summed E-state index contributed by atoms with van der Waals surface area (Å²) in [6.45, 7) is 7.53. The van der Waals surface area contributed by atoms with Crippen molar-refractivity contribution in [1.82, 2.24) is 25.5 Å². The molecule has 0 radical (unpaired) electrons. The fourth-order valence-corrected chi connectivity index (χ4v) is 2.00. The van der Waals surface area contributed by atoms with Crippen molar-refractivity contribution in [2.45, 2.75) is 33.2 Å². The topological polar surface area (TPSA) is 55.6 Å². The van der Waals surface area contributed by atoms with Gasteiger partial charge in [-0.2, -0.15) is 0 Å². The number of hydrogen-bond acceptors (Lipinski definition) is 4. The van der Waals surface area contributed by atoms with Crippen LogP contribution in [0.1, 0.15) is 26.1 Å². The lowest BCUT2D eigenvalue weighted by Crippen LogP contribution is -2.16. The highest BCUT2D eigenvalue weighted by Gasteiger charge is 2.18. The van der Waals surface area contributed by atoms with Crippen molar-refractivity contribution < 1.29 is 0 Å². The summed E-state index contributed by atoms with van der Waals surface area (Å²) in [5.74, 6) is 2.34. The van der Waals surface area contributed by atoms with Gasteiger partial charge in [0.05, 0.1) is 0 Å². The standard InChI is InChI=1S/C10H19N5/c1-8(2)7-15-10(12-13-14-15)5-9-3-4-11-6-9/h8-9,11H,3-7H2,1-2H3. The van der Waals surface area contributed by atoms with Gasteiger partial charge in [-0.1, -0.05) is 13.8 Å². The number of rotatable bonds is 4. The molecule has 0 saturated carbocycles. The van der Waals surface area contributed by atoms with Crippen molar-refractivity contribution in [2.75, 3.05) is 13.1 Å². The molecule has 2 rings (SSSR count). The smallest absolute Gasteiger partial charge is 0.151 e. The summed E-state index contributed by atoms with van der Waals surface area (Å²) >= 11 is 0. The Morgan fingerprint density at radius 1 is 1.53 bits per heavy atom. The van der Waals surface area contributed by atoms with E-state index in [0.29, 0.717) is 11.8 Å². The molecule has 1 aliphatic rings. The molecular weight excluding hydrogens is 190 g/mol. The van der Waals surface area contributed by atoms with Gasteiger partial charge in [0.1, 0.15) is 0 Å². The van der Waals surface area contributed by atoms with Crippen LogP contribution >= 0.6 is 0 Å². The first kappa shape index (κ1) is 10.5. The normalized spacial score (nSPS) is 21.4. The van der Waals surface area contributed by atoms with Crippen molar-refractivity contribution >= 4 is 0 Å². The molecule has 1 aliphatic heterocycles. The molecular formula is C10H19N5. The average molecular weight is 209 g/mol. The van der Waals surface area contributed by atoms with Gasteiger partial charge in [0.25, 0.3) is 0 Å². The Morgan fingerprint density at radius 2 is 2.40 bits per heavy atom. The number of nitrogens with zero attached hydrogens (tertiary/aromatic N) is 4. The van der Waals surface area contributed by atoms with Crippen LogP contribution in [0.3, 0.4) is 0 Å². The first-order valence-corrected chi connectivity index (χ1v) is 5.71. The van der Waals surface area contributed by atoms with Gasteiger partial charge in [-0.05, 0) is 41.8 Å². The predicted molar refractivity (Wildman–Crippen MR) is 57.3 cm³/mol. The summed E-state index contributed by atoms with van der Waals surface area (Å²) in [7, 11) is 0. The second kappa shape index (κ2) is 4.70. The molecule has 1 aromatic heterocycles. The van der Waals surface area contributed by atoms with Crippen LogP contribution in [0.4, 0.5) is 0 Å². The maximum Gasteiger partial charge on any atom is 0.151 e. The number of nitrogens with one attached hydrogen (secondary N) is 1. The van der Waals surface area contributed by atoms with Crippen LogP contribution in [-0.2, 0) is 13.0 Å². The quantitative estimate of drug-likeness (QED) is 0.783. The molecule has 84 valence electrons. The van der Waals surface area contributed by atoms with Crippen molar-refractivity contribution in [3.8, 4) is 0 Å². The van der Waals surface area contributed by atoms with Gasteiger partial charge < -0.3 is 5.32 Å². The van der Waals surface area contributed by atoms with Gasteiger partial charge in [-0.25, -0.2) is 4.68 Å². The zero-order valence-electron chi connectivity index (χ0n) is 9.48. The number of hydrogen-bond donors (Lipinski definition) is 1. The van der Waals surface area contributed by atoms with Crippen LogP contribution < -0.4 is 5.32 Å². The molecule has 0 aliphatic carbocycles. The minimum atomic E-state index is 0.592. The van der Waals surface area contributed by atoms with E-state index in [2.05, 4.69) is 34.7 Å². The fourth-order valence-electron chi connectivity index (χ4n) is 2.00. The van der Waals surface area contributed by atoms with E-state index in [0.717, 1.165) is 31.9 Å². The molecule has 5 heteroatoms. The lowest BCUT2D eigenvalue weighted by molar-refractivity contribution is 0.442. The Bertz CT molecular complexity index is 301. The van der Waals surface area contributed by atoms with E-state index in [1.807, 2.05) is 4.68 Å². The summed E-state index contributed by atoms with van der Waals surface area (Å²) in [6.07, 6.45) is 2.25. The predicted octanol–water partition coefficient (Wildman–Crippen LogP) is 0.481. The highest BCUT2D eigenvalue weighted by atomic mass is 15.5. The van der Waals surface area contributed by atoms with E-state index in [-0.39, 0.29) is 0 Å². The zero-order chi connectivity index (χ0) is 10.7. The van der Waals surface area contributed by atoms with E-state index in [9.17, 15) is 0 Å². The first-order chi connectivity index (χ1) is 7.25. The third-order valence-corrected chi connectivity index (χ3v) is 2.78. The summed E-state index contributed by atoms with van der Waals surface area (Å²) in [5, 5.41) is 15.3. The monoisotopic (exact) mass is 209 g/mol. The van der Waals surface area contributed by atoms with Crippen LogP contribution in [0, 0.1) is 11.8 Å². The molecule has 1 aromatic rings. The van der Waals surface area contributed by atoms with Crippen molar-refractivity contribution in [1.29, 1.82) is 0 Å². The molecule has 2 heterocycles. The average Bonchev–Trinajstić information content (AvgIpc) is 2.78. The van der Waals surface area contributed by atoms with Crippen molar-refractivity contribution in [2.24, 2.45) is 11.8 Å². The Hall–Kier alpha value is -0.970. The Morgan fingerprint density at radius 3 is 3.07 bits per heavy atom. The second-order valence-corrected chi connectivity index (χ2v) is 4.73. The third-order valence-electron chi connectivity index (χ3n) is 2.78. The maximum atomic E-state index is 4.11. The van der Waals surface area contributed by atoms with Crippen LogP contribution in [0.15, 0.2) is 0 Å². The number of tetrazole rings is 1. The minimum absolute atomic E-state index is 0.592. The van der Waals surface area contributed by atoms with Gasteiger partial charge in [0.15, 0.2) is 5.82 Å². The molecule has 1 N–H and O–H groups in total. The van der Waals surface area contributed by atoms with Gasteiger partial charge in [-0.15, -0.1) is 5.10 Å². The molecule has 0 aromatic carbocycles. The van der Waals surface area contributed by atoms with E-state index in [1.165, 1.54) is 6.42 Å². The molecule has 15 heavy (non-hydrogen) atoms. The molecule has 1 fully saturated rings. The Balaban J connectivity index is 1.97. The first-order valence-electron chi connectivity index (χ1n) is 5.71. The fraction of sp³-hybridized carbons (Fsp3) is 0.900. The second-order valence-electron chi connectivity index (χ2n) is 4.73. The van der Waals surface area contributed by atoms with E-state index >= 15 is 0 Å². The van der Waals surface area contributed by atoms with Crippen molar-refractivity contribution in [3.63, 3.8) is 0 Å². The van der Waals surface area contributed by atoms with E-state index < -0.39 is 0 Å². The van der Waals surface area contributed by atoms with E-state index in [4.69, 9.17) is 0 Å². The summed E-state index contributed by atoms with van der Waals surface area (Å²) in [5.41, 5.74) is 0. The molecule has 0 bridgehead atoms. The molecule has 1 atom stereocenters. The molecule has 5 nitrogen and oxygen atoms in total. The number of aromatic nitrogens is 4. The molecule has 0 amide bonds. The SMILES string of the molecule is CC(C)Cn1nnnc1CC1CCNC1. The van der Waals surface area contributed by atoms with Crippen LogP contribution in [-0.4, -0.2) is 33.3 Å². The highest BCUT2D eigenvalue weighted by Crippen LogP contribution is 2.13. The zero-order valence-corrected chi connectivity index (χ0v) is 9.48. The van der Waals surface area contributed by atoms with Crippen LogP contribution in [0.5, 0.6) is 0 Å². The lowest BCUT2D eigenvalue weighted by atomic mass is 10.0. The largest absolute Gasteiger partial charge is 0.316 e. The van der Waals surface area contributed by atoms with Crippen LogP contribution in [0.25, 0.3) is 0 Å². The highest BCUT2D eigenvalue weighted by molar-refractivity contribution is 4.87. The minimum Gasteiger partial charge on any atom is -0.316 e. The molecule has 1 saturated heterocycles. The van der Waals surface area contributed by atoms with Gasteiger partial charge in [-0.3, -0.25) is 0 Å². The van der Waals surface area contributed by atoms with Crippen LogP contribution in [0.2, 0.25) is 0 Å². The maximum absolute atomic E-state index is 4.11. The Labute approximate surface area is 90.2 Å². The summed E-state index contributed by atoms with van der Waals surface area (Å²) in [6, 6.07) is 0. The van der Waals surface area contributed by atoms with Gasteiger partial charge >= 0.3 is 0 Å². The summed E-state index contributed by atoms with van der Waals surface area (Å²) in [4.78, 5) is 0. The van der Waals surface area contributed by atoms with Gasteiger partial charge in [0, 0.05) is 13.0 Å². The summed E-state index contributed by atoms with van der Waals surface area (Å²) < 4.78 is 1.95. The third kappa shape index (κ3) is 2.75. The van der Waals surface area contributed by atoms with Gasteiger partial charge in [0.2, 0.25) is 0 Å². The molecule has 1 unspecified atom stereocenters. The van der Waals surface area contributed by atoms with Crippen molar-refractivity contribution in [3.05, 3.63) is 5.82 Å². The molecule has 0 spiro atoms.